The molecule has 8 nitrogen and oxygen atoms in total. The largest absolute Gasteiger partial charge is 0.636 e. The topological polar surface area (TPSA) is 94.2 Å². The molecule has 1 aliphatic heterocycles. The van der Waals surface area contributed by atoms with Gasteiger partial charge in [0.05, 0.1) is 45.4 Å². The number of esters is 2. The average molecular weight is 676 g/mol. The Labute approximate surface area is 288 Å². The van der Waals surface area contributed by atoms with Gasteiger partial charge < -0.3 is 14.4 Å². The molecule has 1 N–H and O–H groups in total. The molecule has 1 saturated carbocycles. The maximum atomic E-state index is 16.5. The van der Waals surface area contributed by atoms with Crippen LogP contribution in [0, 0.1) is 5.92 Å². The summed E-state index contributed by atoms with van der Waals surface area (Å²) in [6, 6.07) is 37.3. The Bertz CT molecular complexity index is 1830. The molecule has 9 heteroatoms. The minimum atomic E-state index is -3.76. The highest BCUT2D eigenvalue weighted by molar-refractivity contribution is 7.62. The first-order chi connectivity index (χ1) is 23.9. The van der Waals surface area contributed by atoms with Gasteiger partial charge in [0.2, 0.25) is 0 Å². The summed E-state index contributed by atoms with van der Waals surface area (Å²) in [5.41, 5.74) is 2.79. The van der Waals surface area contributed by atoms with E-state index >= 15 is 4.89 Å². The van der Waals surface area contributed by atoms with Crippen molar-refractivity contribution in [3.8, 4) is 0 Å². The van der Waals surface area contributed by atoms with Gasteiger partial charge in [-0.1, -0.05) is 128 Å². The first kappa shape index (κ1) is 33.3. The van der Waals surface area contributed by atoms with Crippen molar-refractivity contribution in [1.82, 2.24) is 14.4 Å². The molecule has 0 amide bonds. The molecule has 0 aromatic heterocycles. The molecule has 0 spiro atoms. The van der Waals surface area contributed by atoms with Crippen LogP contribution in [0.25, 0.3) is 21.5 Å². The summed E-state index contributed by atoms with van der Waals surface area (Å²) >= 11 is 0. The lowest BCUT2D eigenvalue weighted by atomic mass is 9.89. The molecule has 1 unspecified atom stereocenters. The van der Waals surface area contributed by atoms with E-state index in [4.69, 9.17) is 9.47 Å². The van der Waals surface area contributed by atoms with Gasteiger partial charge in [0, 0.05) is 0 Å². The monoisotopic (exact) mass is 675 g/mol. The van der Waals surface area contributed by atoms with Crippen LogP contribution < -0.4 is 9.98 Å². The number of hydrogen-bond acceptors (Lipinski definition) is 8. The van der Waals surface area contributed by atoms with E-state index in [0.29, 0.717) is 18.7 Å². The van der Waals surface area contributed by atoms with Gasteiger partial charge in [0.15, 0.2) is 13.9 Å². The van der Waals surface area contributed by atoms with Crippen LogP contribution in [0.5, 0.6) is 0 Å². The second-order valence-corrected chi connectivity index (χ2v) is 15.4. The number of benzene rings is 5. The molecule has 2 fully saturated rings. The van der Waals surface area contributed by atoms with Gasteiger partial charge in [-0.2, -0.15) is 5.09 Å². The zero-order valence-electron chi connectivity index (χ0n) is 27.9. The number of fused-ring (bicyclic) bond motifs is 3. The lowest BCUT2D eigenvalue weighted by Gasteiger charge is -2.43. The third kappa shape index (κ3) is 6.36. The van der Waals surface area contributed by atoms with Crippen LogP contribution in [0.2, 0.25) is 0 Å². The lowest BCUT2D eigenvalue weighted by molar-refractivity contribution is -0.197. The minimum Gasteiger partial charge on any atom is -0.636 e. The first-order valence-corrected chi connectivity index (χ1v) is 18.6. The molecule has 5 aromatic carbocycles. The lowest BCUT2D eigenvalue weighted by Crippen LogP contribution is -2.48. The summed E-state index contributed by atoms with van der Waals surface area (Å²) in [5.74, 6) is -2.89. The van der Waals surface area contributed by atoms with Crippen molar-refractivity contribution in [3.05, 3.63) is 132 Å². The average Bonchev–Trinajstić information content (AvgIpc) is 3.37. The van der Waals surface area contributed by atoms with Crippen molar-refractivity contribution in [1.29, 1.82) is 0 Å². The molecule has 7 rings (SSSR count). The zero-order chi connectivity index (χ0) is 34.0. The molecule has 49 heavy (non-hydrogen) atoms. The summed E-state index contributed by atoms with van der Waals surface area (Å²) in [4.78, 5) is 43.3. The van der Waals surface area contributed by atoms with Crippen molar-refractivity contribution >= 4 is 41.4 Å². The number of carbonyl (C=O) groups is 2. The van der Waals surface area contributed by atoms with Crippen molar-refractivity contribution in [3.63, 3.8) is 0 Å². The zero-order valence-corrected chi connectivity index (χ0v) is 28.8. The Morgan fingerprint density at radius 2 is 1.14 bits per heavy atom. The number of nitrogens with one attached hydrogen (secondary N) is 1. The van der Waals surface area contributed by atoms with Gasteiger partial charge in [0.1, 0.15) is 0 Å². The van der Waals surface area contributed by atoms with E-state index in [9.17, 15) is 9.59 Å². The Morgan fingerprint density at radius 1 is 0.694 bits per heavy atom. The highest BCUT2D eigenvalue weighted by Gasteiger charge is 2.61. The minimum absolute atomic E-state index is 0.00726. The van der Waals surface area contributed by atoms with Gasteiger partial charge in [-0.15, -0.1) is 9.34 Å². The summed E-state index contributed by atoms with van der Waals surface area (Å²) in [5, 5.41) is 7.99. The summed E-state index contributed by atoms with van der Waals surface area (Å²) in [6.07, 6.45) is 3.84. The summed E-state index contributed by atoms with van der Waals surface area (Å²) in [7, 11) is -1.24. The Balaban J connectivity index is 1.40. The Morgan fingerprint density at radius 3 is 1.63 bits per heavy atom. The Kier molecular flexibility index (Phi) is 9.77. The van der Waals surface area contributed by atoms with Crippen LogP contribution in [0.15, 0.2) is 115 Å². The van der Waals surface area contributed by atoms with Gasteiger partial charge >= 0.3 is 11.9 Å². The van der Waals surface area contributed by atoms with E-state index in [1.165, 1.54) is 14.2 Å². The Hall–Kier alpha value is -4.17. The quantitative estimate of drug-likeness (QED) is 0.0966. The molecule has 0 bridgehead atoms. The van der Waals surface area contributed by atoms with Gasteiger partial charge in [0.25, 0.3) is 0 Å². The molecule has 1 saturated heterocycles. The van der Waals surface area contributed by atoms with Gasteiger partial charge in [-0.05, 0) is 51.1 Å². The van der Waals surface area contributed by atoms with E-state index in [1.807, 2.05) is 54.6 Å². The predicted molar refractivity (Wildman–Crippen MR) is 192 cm³/mol. The van der Waals surface area contributed by atoms with Crippen LogP contribution in [0.4, 0.5) is 0 Å². The van der Waals surface area contributed by atoms with E-state index in [2.05, 4.69) is 75.1 Å². The smallest absolute Gasteiger partial charge is 0.322 e. The van der Waals surface area contributed by atoms with Gasteiger partial charge in [-0.25, -0.2) is 0 Å². The number of rotatable bonds is 10. The molecule has 0 radical (unpaired) electrons. The highest BCUT2D eigenvalue weighted by Crippen LogP contribution is 2.66. The number of methoxy groups -OCH3 is 2. The van der Waals surface area contributed by atoms with E-state index in [-0.39, 0.29) is 12.1 Å². The third-order valence-corrected chi connectivity index (χ3v) is 13.2. The molecule has 2 aliphatic rings. The fourth-order valence-corrected chi connectivity index (χ4v) is 11.2. The normalized spacial score (nSPS) is 19.9. The number of nitrogens with zero attached hydrogens (tertiary/aromatic N) is 2. The summed E-state index contributed by atoms with van der Waals surface area (Å²) < 4.78 is 14.7. The molecule has 252 valence electrons. The SMILES string of the molecule is COC(=O)C(C(=O)OC)C(N[P+]1([O-])N(Cc2cccc3ccccc23)[C@@H]2CCCC[C@H]2N1Cc1cccc2ccccc12)c1ccccc1. The maximum Gasteiger partial charge on any atom is 0.322 e. The van der Waals surface area contributed by atoms with Crippen LogP contribution >= 0.6 is 7.94 Å². The molecule has 3 atom stereocenters. The van der Waals surface area contributed by atoms with Gasteiger partial charge in [-0.3, -0.25) is 9.59 Å². The second-order valence-electron chi connectivity index (χ2n) is 13.0. The van der Waals surface area contributed by atoms with Crippen LogP contribution in [-0.2, 0) is 32.2 Å². The number of hydrogen-bond donors (Lipinski definition) is 1. The van der Waals surface area contributed by atoms with Crippen LogP contribution in [0.3, 0.4) is 0 Å². The fraction of sp³-hybridized carbons (Fsp3) is 0.300. The third-order valence-electron chi connectivity index (χ3n) is 10.3. The van der Waals surface area contributed by atoms with Crippen molar-refractivity contribution < 1.29 is 24.0 Å². The molecular formula is C40H42N3O5P. The van der Waals surface area contributed by atoms with Crippen molar-refractivity contribution in [2.75, 3.05) is 14.2 Å². The molecule has 1 aliphatic carbocycles. The number of carbonyl (C=O) groups excluding carboxylic acids is 2. The van der Waals surface area contributed by atoms with Crippen LogP contribution in [-0.4, -0.2) is 47.6 Å². The molecular weight excluding hydrogens is 633 g/mol. The van der Waals surface area contributed by atoms with E-state index in [1.54, 1.807) is 0 Å². The van der Waals surface area contributed by atoms with E-state index < -0.39 is 31.8 Å². The molecule has 1 heterocycles. The first-order valence-electron chi connectivity index (χ1n) is 17.0. The fourth-order valence-electron chi connectivity index (χ4n) is 7.93. The van der Waals surface area contributed by atoms with E-state index in [0.717, 1.165) is 58.4 Å². The number of ether oxygens (including phenoxy) is 2. The highest BCUT2D eigenvalue weighted by atomic mass is 31.2. The second kappa shape index (κ2) is 14.4. The maximum absolute atomic E-state index is 16.5. The summed E-state index contributed by atoms with van der Waals surface area (Å²) in [6.45, 7) is 0.864. The predicted octanol–water partition coefficient (Wildman–Crippen LogP) is 6.95. The molecule has 5 aromatic rings. The van der Waals surface area contributed by atoms with Crippen LogP contribution in [0.1, 0.15) is 48.4 Å². The standard InChI is InChI=1S/C40H42N3O5P/c1-47-39(44)37(40(45)48-2)38(30-16-4-3-5-17-30)41-49(46)42(26-31-20-12-18-28-14-6-8-22-33(28)31)35-24-10-11-25-36(35)43(49)27-32-21-13-19-29-15-7-9-23-34(29)32/h3-9,12-23,35-38H,10-11,24-27H2,1-2H3,(H,41,46)/t35-,36-,38?/m1/s1. The van der Waals surface area contributed by atoms with Crippen molar-refractivity contribution in [2.45, 2.75) is 56.9 Å². The van der Waals surface area contributed by atoms with Crippen molar-refractivity contribution in [2.24, 2.45) is 5.92 Å².